The van der Waals surface area contributed by atoms with Crippen molar-refractivity contribution in [2.75, 3.05) is 26.8 Å². The number of imidazole rings is 2. The molecule has 0 bridgehead atoms. The average molecular weight is 940 g/mol. The number of halogens is 2. The number of hydrogen-bond acceptors (Lipinski definition) is 7. The molecule has 2 aromatic carbocycles. The van der Waals surface area contributed by atoms with E-state index in [-0.39, 0.29) is 103 Å². The van der Waals surface area contributed by atoms with Gasteiger partial charge in [-0.2, -0.15) is 67.5 Å². The fourth-order valence-corrected chi connectivity index (χ4v) is 7.98. The van der Waals surface area contributed by atoms with Crippen molar-refractivity contribution in [1.29, 1.82) is 0 Å². The quantitative estimate of drug-likeness (QED) is 0.157. The molecule has 12 nitrogen and oxygen atoms in total. The number of alkyl halides is 2. The maximum absolute atomic E-state index is 14.6. The van der Waals surface area contributed by atoms with Gasteiger partial charge in [0, 0.05) is 36.5 Å². The molecule has 2 aromatic heterocycles. The SMILES string of the molecule is COC(=O)N[C@H](C(=O)N1C[C@]2(CCCO2)C[C@H]1c1nc2ccc(C#Cc3ccc(-c4cnc([C@@H]5CC(F)(F)CN5C(=O)[C@@H](C)C(C)C)[nH]4)cc3)cc2[nH]1)C(C)C.S.S.S.S.S. The summed E-state index contributed by atoms with van der Waals surface area (Å²) in [5, 5.41) is 2.71. The summed E-state index contributed by atoms with van der Waals surface area (Å²) in [5.74, 6) is 3.43. The molecule has 5 heterocycles. The molecule has 0 unspecified atom stereocenters. The molecule has 3 fully saturated rings. The normalized spacial score (nSPS) is 21.0. The van der Waals surface area contributed by atoms with Crippen molar-refractivity contribution in [2.24, 2.45) is 17.8 Å². The Morgan fingerprint density at radius 2 is 1.49 bits per heavy atom. The largest absolute Gasteiger partial charge is 0.453 e. The summed E-state index contributed by atoms with van der Waals surface area (Å²) in [7, 11) is 1.28. The Labute approximate surface area is 391 Å². The molecule has 3 aliphatic heterocycles. The molecule has 4 aromatic rings. The van der Waals surface area contributed by atoms with Crippen molar-refractivity contribution in [1.82, 2.24) is 35.1 Å². The first kappa shape index (κ1) is 53.6. The number of rotatable bonds is 8. The second kappa shape index (κ2) is 21.7. The topological polar surface area (TPSA) is 146 Å². The number of benzene rings is 2. The van der Waals surface area contributed by atoms with Gasteiger partial charge in [0.05, 0.1) is 60.8 Å². The van der Waals surface area contributed by atoms with E-state index >= 15 is 0 Å². The number of methoxy groups -OCH3 is 1. The molecule has 19 heteroatoms. The second-order valence-electron chi connectivity index (χ2n) is 16.1. The number of carbonyl (C=O) groups is 3. The number of hydrogen-bond donors (Lipinski definition) is 3. The summed E-state index contributed by atoms with van der Waals surface area (Å²) in [6.45, 7) is 9.80. The van der Waals surface area contributed by atoms with Crippen LogP contribution in [0.2, 0.25) is 0 Å². The van der Waals surface area contributed by atoms with Crippen molar-refractivity contribution in [3.05, 3.63) is 71.4 Å². The number of alkyl carbamates (subject to hydrolysis) is 1. The van der Waals surface area contributed by atoms with Crippen molar-refractivity contribution in [3.8, 4) is 23.1 Å². The van der Waals surface area contributed by atoms with Crippen LogP contribution in [0, 0.1) is 29.6 Å². The molecule has 3 saturated heterocycles. The molecular weight excluding hydrogens is 881 g/mol. The van der Waals surface area contributed by atoms with Gasteiger partial charge in [-0.25, -0.2) is 23.5 Å². The van der Waals surface area contributed by atoms with Crippen LogP contribution in [0.5, 0.6) is 0 Å². The summed E-state index contributed by atoms with van der Waals surface area (Å²) in [4.78, 5) is 58.3. The lowest BCUT2D eigenvalue weighted by atomic mass is 9.96. The average Bonchev–Trinajstić information content (AvgIpc) is 4.02. The number of nitrogens with one attached hydrogen (secondary N) is 3. The first-order chi connectivity index (χ1) is 26.7. The molecule has 3 amide bonds. The van der Waals surface area contributed by atoms with E-state index in [4.69, 9.17) is 14.5 Å². The number of H-pyrrole nitrogens is 2. The molecule has 61 heavy (non-hydrogen) atoms. The molecule has 3 N–H and O–H groups in total. The zero-order chi connectivity index (χ0) is 39.9. The van der Waals surface area contributed by atoms with E-state index in [1.165, 1.54) is 12.0 Å². The van der Waals surface area contributed by atoms with Gasteiger partial charge >= 0.3 is 6.09 Å². The molecular formula is C42H59F2N7O5S5. The van der Waals surface area contributed by atoms with Crippen LogP contribution in [0.15, 0.2) is 48.7 Å². The first-order valence-corrected chi connectivity index (χ1v) is 19.3. The number of ether oxygens (including phenoxy) is 2. The minimum atomic E-state index is -2.98. The highest BCUT2D eigenvalue weighted by atomic mass is 32.1. The van der Waals surface area contributed by atoms with E-state index in [1.807, 2.05) is 70.2 Å². The summed E-state index contributed by atoms with van der Waals surface area (Å²) >= 11 is 0. The molecule has 0 aliphatic carbocycles. The van der Waals surface area contributed by atoms with Crippen LogP contribution in [0.3, 0.4) is 0 Å². The number of nitrogens with zero attached hydrogens (tertiary/aromatic N) is 4. The molecule has 7 rings (SSSR count). The van der Waals surface area contributed by atoms with Crippen molar-refractivity contribution < 1.29 is 32.6 Å². The van der Waals surface area contributed by atoms with Crippen molar-refractivity contribution in [3.63, 3.8) is 0 Å². The summed E-state index contributed by atoms with van der Waals surface area (Å²) < 4.78 is 40.2. The standard InChI is InChI=1S/C42H49F2N7O5.5H2S/c1-24(2)26(5)38(52)51-23-42(43,44)20-34(51)36-45-21-32(48-36)29-13-10-27(11-14-29)8-9-28-12-15-30-31(18-28)47-37(46-30)33-19-41(16-7-17-56-41)22-50(33)39(53)35(25(3)4)49-40(54)55-6;;;;;/h10-15,18,21,24-26,33-35H,7,16-17,19-20,22-23H2,1-6H3,(H,45,48)(H,46,47)(H,49,54);5*1H2/t26-,33-,34-,35-,41-;;;;;/m0...../s1. The zero-order valence-electron chi connectivity index (χ0n) is 35.1. The monoisotopic (exact) mass is 939 g/mol. The Kier molecular flexibility index (Phi) is 19.1. The van der Waals surface area contributed by atoms with Crippen LogP contribution in [0.4, 0.5) is 13.6 Å². The molecule has 3 aliphatic rings. The molecule has 0 radical (unpaired) electrons. The lowest BCUT2D eigenvalue weighted by Crippen LogP contribution is -2.51. The number of fused-ring (bicyclic) bond motifs is 1. The Morgan fingerprint density at radius 3 is 2.11 bits per heavy atom. The van der Waals surface area contributed by atoms with Gasteiger partial charge in [-0.1, -0.05) is 58.6 Å². The molecule has 0 saturated carbocycles. The van der Waals surface area contributed by atoms with Crippen LogP contribution in [-0.4, -0.2) is 92.0 Å². The van der Waals surface area contributed by atoms with E-state index < -0.39 is 42.7 Å². The maximum Gasteiger partial charge on any atom is 0.407 e. The molecule has 336 valence electrons. The Bertz CT molecular complexity index is 2190. The summed E-state index contributed by atoms with van der Waals surface area (Å²) in [6, 6.07) is 11.3. The van der Waals surface area contributed by atoms with Crippen LogP contribution in [-0.2, 0) is 19.1 Å². The van der Waals surface area contributed by atoms with E-state index in [0.29, 0.717) is 36.9 Å². The van der Waals surface area contributed by atoms with Gasteiger partial charge in [0.1, 0.15) is 17.7 Å². The Morgan fingerprint density at radius 1 is 0.852 bits per heavy atom. The van der Waals surface area contributed by atoms with Gasteiger partial charge in [-0.05, 0) is 60.6 Å². The Balaban J connectivity index is 0.00000256. The van der Waals surface area contributed by atoms with Crippen LogP contribution in [0.1, 0.15) is 95.2 Å². The highest BCUT2D eigenvalue weighted by molar-refractivity contribution is 7.60. The van der Waals surface area contributed by atoms with Crippen molar-refractivity contribution >= 4 is 96.4 Å². The smallest absolute Gasteiger partial charge is 0.407 e. The molecule has 1 spiro atoms. The van der Waals surface area contributed by atoms with Gasteiger partial charge in [0.25, 0.3) is 5.92 Å². The highest BCUT2D eigenvalue weighted by Crippen LogP contribution is 2.45. The van der Waals surface area contributed by atoms with E-state index in [9.17, 15) is 23.2 Å². The minimum absolute atomic E-state index is 0. The van der Waals surface area contributed by atoms with Gasteiger partial charge in [0.2, 0.25) is 11.8 Å². The fraction of sp³-hybridized carbons (Fsp3) is 0.500. The number of amides is 3. The Hall–Kier alpha value is -3.54. The van der Waals surface area contributed by atoms with Crippen molar-refractivity contribution in [2.45, 2.75) is 90.0 Å². The third-order valence-corrected chi connectivity index (χ3v) is 11.5. The van der Waals surface area contributed by atoms with Crippen LogP contribution in [0.25, 0.3) is 22.3 Å². The number of aromatic amines is 2. The zero-order valence-corrected chi connectivity index (χ0v) is 40.1. The highest BCUT2D eigenvalue weighted by Gasteiger charge is 2.52. The van der Waals surface area contributed by atoms with Gasteiger partial charge in [-0.15, -0.1) is 0 Å². The van der Waals surface area contributed by atoms with E-state index in [2.05, 4.69) is 32.1 Å². The van der Waals surface area contributed by atoms with Crippen LogP contribution < -0.4 is 5.32 Å². The first-order valence-electron chi connectivity index (χ1n) is 19.3. The van der Waals surface area contributed by atoms with Gasteiger partial charge in [0.15, 0.2) is 0 Å². The predicted molar refractivity (Wildman–Crippen MR) is 257 cm³/mol. The van der Waals surface area contributed by atoms with Crippen LogP contribution >= 0.6 is 67.5 Å². The number of carbonyl (C=O) groups excluding carboxylic acids is 3. The number of likely N-dealkylation sites (tertiary alicyclic amines) is 2. The fourth-order valence-electron chi connectivity index (χ4n) is 7.98. The summed E-state index contributed by atoms with van der Waals surface area (Å²) in [5.41, 5.74) is 4.08. The van der Waals surface area contributed by atoms with Gasteiger partial charge in [-0.3, -0.25) is 9.59 Å². The molecule has 5 atom stereocenters. The maximum atomic E-state index is 14.6. The third-order valence-electron chi connectivity index (χ3n) is 11.5. The lowest BCUT2D eigenvalue weighted by Gasteiger charge is -2.30. The van der Waals surface area contributed by atoms with E-state index in [1.54, 1.807) is 18.0 Å². The summed E-state index contributed by atoms with van der Waals surface area (Å²) in [6.07, 6.45) is 2.83. The number of aromatic nitrogens is 4. The lowest BCUT2D eigenvalue weighted by molar-refractivity contribution is -0.138. The second-order valence-corrected chi connectivity index (χ2v) is 16.1. The van der Waals surface area contributed by atoms with Gasteiger partial charge < -0.3 is 34.6 Å². The van der Waals surface area contributed by atoms with E-state index in [0.717, 1.165) is 40.6 Å². The predicted octanol–water partition coefficient (Wildman–Crippen LogP) is 7.32. The minimum Gasteiger partial charge on any atom is -0.453 e. The third kappa shape index (κ3) is 11.5.